The van der Waals surface area contributed by atoms with E-state index in [0.29, 0.717) is 12.0 Å². The lowest BCUT2D eigenvalue weighted by atomic mass is 9.80. The van der Waals surface area contributed by atoms with Gasteiger partial charge in [-0.3, -0.25) is 4.79 Å². The fourth-order valence-corrected chi connectivity index (χ4v) is 3.11. The first-order valence-electron chi connectivity index (χ1n) is 7.74. The summed E-state index contributed by atoms with van der Waals surface area (Å²) in [5.74, 6) is 1.38. The third-order valence-electron chi connectivity index (χ3n) is 4.21. The molecule has 0 spiro atoms. The van der Waals surface area contributed by atoms with Crippen molar-refractivity contribution in [1.29, 1.82) is 0 Å². The summed E-state index contributed by atoms with van der Waals surface area (Å²) in [7, 11) is 1.52. The van der Waals surface area contributed by atoms with Gasteiger partial charge in [0.05, 0.1) is 0 Å². The molecule has 0 aromatic heterocycles. The molecular formula is C17H26N2O2. The monoisotopic (exact) mass is 290 g/mol. The van der Waals surface area contributed by atoms with Crippen molar-refractivity contribution in [2.45, 2.75) is 39.2 Å². The molecule has 3 atom stereocenters. The van der Waals surface area contributed by atoms with Crippen LogP contribution in [0.5, 0.6) is 0 Å². The van der Waals surface area contributed by atoms with Gasteiger partial charge in [0.25, 0.3) is 0 Å². The highest BCUT2D eigenvalue weighted by Gasteiger charge is 2.25. The van der Waals surface area contributed by atoms with E-state index in [0.717, 1.165) is 17.3 Å². The zero-order chi connectivity index (χ0) is 15.2. The summed E-state index contributed by atoms with van der Waals surface area (Å²) in [5.41, 5.74) is 1.87. The molecular weight excluding hydrogens is 264 g/mol. The predicted octanol–water partition coefficient (Wildman–Crippen LogP) is 3.51. The zero-order valence-corrected chi connectivity index (χ0v) is 13.2. The maximum atomic E-state index is 11.5. The normalized spacial score (nSPS) is 25.4. The fourth-order valence-electron chi connectivity index (χ4n) is 3.11. The van der Waals surface area contributed by atoms with Crippen molar-refractivity contribution in [2.75, 3.05) is 24.4 Å². The first kappa shape index (κ1) is 15.8. The Morgan fingerprint density at radius 3 is 2.76 bits per heavy atom. The predicted molar refractivity (Wildman–Crippen MR) is 86.5 cm³/mol. The van der Waals surface area contributed by atoms with Gasteiger partial charge in [-0.25, -0.2) is 0 Å². The molecule has 1 aliphatic carbocycles. The first-order valence-corrected chi connectivity index (χ1v) is 7.74. The number of ether oxygens (including phenoxy) is 1. The zero-order valence-electron chi connectivity index (χ0n) is 13.2. The average Bonchev–Trinajstić information content (AvgIpc) is 2.42. The maximum absolute atomic E-state index is 11.5. The van der Waals surface area contributed by atoms with Gasteiger partial charge in [0, 0.05) is 24.5 Å². The van der Waals surface area contributed by atoms with E-state index in [2.05, 4.69) is 30.5 Å². The van der Waals surface area contributed by atoms with Crippen LogP contribution in [0.1, 0.15) is 33.1 Å². The Kier molecular flexibility index (Phi) is 5.62. The van der Waals surface area contributed by atoms with Gasteiger partial charge in [0.15, 0.2) is 0 Å². The average molecular weight is 290 g/mol. The van der Waals surface area contributed by atoms with Crippen molar-refractivity contribution >= 4 is 17.3 Å². The number of anilines is 2. The molecule has 2 rings (SSSR count). The molecule has 1 fully saturated rings. The lowest BCUT2D eigenvalue weighted by molar-refractivity contribution is -0.119. The number of amides is 1. The Morgan fingerprint density at radius 2 is 2.05 bits per heavy atom. The Morgan fingerprint density at radius 1 is 1.29 bits per heavy atom. The van der Waals surface area contributed by atoms with E-state index < -0.39 is 0 Å². The van der Waals surface area contributed by atoms with Crippen LogP contribution in [0.4, 0.5) is 11.4 Å². The van der Waals surface area contributed by atoms with Crippen LogP contribution in [0, 0.1) is 11.8 Å². The minimum atomic E-state index is -0.130. The van der Waals surface area contributed by atoms with Gasteiger partial charge in [-0.05, 0) is 49.3 Å². The van der Waals surface area contributed by atoms with Gasteiger partial charge in [-0.15, -0.1) is 0 Å². The number of rotatable bonds is 5. The van der Waals surface area contributed by atoms with Crippen molar-refractivity contribution in [1.82, 2.24) is 0 Å². The lowest BCUT2D eigenvalue weighted by Crippen LogP contribution is -2.33. The molecule has 0 aliphatic heterocycles. The van der Waals surface area contributed by atoms with Crippen molar-refractivity contribution in [3.8, 4) is 0 Å². The van der Waals surface area contributed by atoms with Crippen LogP contribution < -0.4 is 10.6 Å². The summed E-state index contributed by atoms with van der Waals surface area (Å²) in [6, 6.07) is 8.41. The van der Waals surface area contributed by atoms with Gasteiger partial charge in [0.2, 0.25) is 5.91 Å². The number of methoxy groups -OCH3 is 1. The highest BCUT2D eigenvalue weighted by Crippen LogP contribution is 2.31. The minimum absolute atomic E-state index is 0.0786. The van der Waals surface area contributed by atoms with Crippen LogP contribution in [-0.4, -0.2) is 25.7 Å². The summed E-state index contributed by atoms with van der Waals surface area (Å²) in [4.78, 5) is 11.5. The molecule has 0 radical (unpaired) electrons. The molecule has 0 heterocycles. The van der Waals surface area contributed by atoms with Gasteiger partial charge in [0.1, 0.15) is 6.61 Å². The molecule has 3 unspecified atom stereocenters. The number of nitrogens with one attached hydrogen (secondary N) is 2. The molecule has 1 aromatic carbocycles. The second kappa shape index (κ2) is 7.46. The summed E-state index contributed by atoms with van der Waals surface area (Å²) in [5, 5.41) is 6.45. The summed E-state index contributed by atoms with van der Waals surface area (Å²) < 4.78 is 4.82. The SMILES string of the molecule is COCC(=O)Nc1cccc(NC2CCC(C)CC2C)c1. The Labute approximate surface area is 127 Å². The number of carbonyl (C=O) groups is 1. The van der Waals surface area contributed by atoms with Crippen LogP contribution in [0.2, 0.25) is 0 Å². The van der Waals surface area contributed by atoms with Crippen LogP contribution >= 0.6 is 0 Å². The van der Waals surface area contributed by atoms with Crippen molar-refractivity contribution in [3.05, 3.63) is 24.3 Å². The lowest BCUT2D eigenvalue weighted by Gasteiger charge is -2.34. The smallest absolute Gasteiger partial charge is 0.250 e. The van der Waals surface area contributed by atoms with Gasteiger partial charge >= 0.3 is 0 Å². The second-order valence-corrected chi connectivity index (χ2v) is 6.21. The molecule has 2 N–H and O–H groups in total. The van der Waals surface area contributed by atoms with E-state index in [1.54, 1.807) is 0 Å². The van der Waals surface area contributed by atoms with E-state index in [1.165, 1.54) is 26.4 Å². The number of carbonyl (C=O) groups excluding carboxylic acids is 1. The Hall–Kier alpha value is -1.55. The van der Waals surface area contributed by atoms with Gasteiger partial charge in [-0.2, -0.15) is 0 Å². The fraction of sp³-hybridized carbons (Fsp3) is 0.588. The third kappa shape index (κ3) is 4.74. The Balaban J connectivity index is 1.96. The highest BCUT2D eigenvalue weighted by molar-refractivity contribution is 5.92. The molecule has 1 aliphatic rings. The molecule has 21 heavy (non-hydrogen) atoms. The van der Waals surface area contributed by atoms with Crippen molar-refractivity contribution in [2.24, 2.45) is 11.8 Å². The van der Waals surface area contributed by atoms with E-state index in [4.69, 9.17) is 4.74 Å². The van der Waals surface area contributed by atoms with Crippen LogP contribution in [0.25, 0.3) is 0 Å². The van der Waals surface area contributed by atoms with E-state index >= 15 is 0 Å². The largest absolute Gasteiger partial charge is 0.382 e. The minimum Gasteiger partial charge on any atom is -0.382 e. The molecule has 4 nitrogen and oxygen atoms in total. The quantitative estimate of drug-likeness (QED) is 0.872. The van der Waals surface area contributed by atoms with Crippen molar-refractivity contribution in [3.63, 3.8) is 0 Å². The molecule has 4 heteroatoms. The topological polar surface area (TPSA) is 50.4 Å². The summed E-state index contributed by atoms with van der Waals surface area (Å²) in [6.07, 6.45) is 3.77. The molecule has 1 saturated carbocycles. The molecule has 1 amide bonds. The summed E-state index contributed by atoms with van der Waals surface area (Å²) in [6.45, 7) is 4.73. The Bertz CT molecular complexity index is 476. The van der Waals surface area contributed by atoms with Gasteiger partial charge < -0.3 is 15.4 Å². The van der Waals surface area contributed by atoms with Crippen LogP contribution in [0.3, 0.4) is 0 Å². The van der Waals surface area contributed by atoms with Crippen LogP contribution in [0.15, 0.2) is 24.3 Å². The standard InChI is InChI=1S/C17H26N2O2/c1-12-7-8-16(13(2)9-12)18-14-5-4-6-15(10-14)19-17(20)11-21-3/h4-6,10,12-13,16,18H,7-9,11H2,1-3H3,(H,19,20). The van der Waals surface area contributed by atoms with Crippen molar-refractivity contribution < 1.29 is 9.53 Å². The number of hydrogen-bond donors (Lipinski definition) is 2. The van der Waals surface area contributed by atoms with Crippen LogP contribution in [-0.2, 0) is 9.53 Å². The second-order valence-electron chi connectivity index (χ2n) is 6.21. The number of benzene rings is 1. The molecule has 116 valence electrons. The highest BCUT2D eigenvalue weighted by atomic mass is 16.5. The van der Waals surface area contributed by atoms with E-state index in [-0.39, 0.29) is 12.5 Å². The first-order chi connectivity index (χ1) is 10.1. The molecule has 1 aromatic rings. The summed E-state index contributed by atoms with van der Waals surface area (Å²) >= 11 is 0. The van der Waals surface area contributed by atoms with Gasteiger partial charge in [-0.1, -0.05) is 19.9 Å². The van der Waals surface area contributed by atoms with E-state index in [1.807, 2.05) is 18.2 Å². The molecule has 0 saturated heterocycles. The molecule has 0 bridgehead atoms. The number of hydrogen-bond acceptors (Lipinski definition) is 3. The third-order valence-corrected chi connectivity index (χ3v) is 4.21. The van der Waals surface area contributed by atoms with E-state index in [9.17, 15) is 4.79 Å². The maximum Gasteiger partial charge on any atom is 0.250 e.